The molecule has 0 spiro atoms. The number of rotatable bonds is 9. The van der Waals surface area contributed by atoms with Crippen molar-refractivity contribution in [2.45, 2.75) is 92.6 Å². The van der Waals surface area contributed by atoms with E-state index in [2.05, 4.69) is 46.9 Å². The van der Waals surface area contributed by atoms with Gasteiger partial charge in [0.05, 0.1) is 17.4 Å². The van der Waals surface area contributed by atoms with E-state index in [4.69, 9.17) is 18.9 Å². The number of benzene rings is 2. The maximum Gasteiger partial charge on any atom is 0.340 e. The number of aryl methyl sites for hydroxylation is 1. The lowest BCUT2D eigenvalue weighted by Gasteiger charge is -2.41. The predicted octanol–water partition coefficient (Wildman–Crippen LogP) is 8.69. The normalized spacial score (nSPS) is 15.3. The molecule has 1 atom stereocenters. The first kappa shape index (κ1) is 35.8. The van der Waals surface area contributed by atoms with Crippen LogP contribution in [0.3, 0.4) is 0 Å². The van der Waals surface area contributed by atoms with E-state index in [0.29, 0.717) is 40.5 Å². The molecular formula is C41H48N6O4. The Labute approximate surface area is 300 Å². The molecule has 0 amide bonds. The number of pyridine rings is 1. The first-order chi connectivity index (χ1) is 24.2. The highest BCUT2D eigenvalue weighted by Crippen LogP contribution is 2.45. The van der Waals surface area contributed by atoms with Gasteiger partial charge >= 0.3 is 5.97 Å². The summed E-state index contributed by atoms with van der Waals surface area (Å²) in [4.78, 5) is 32.1. The summed E-state index contributed by atoms with van der Waals surface area (Å²) in [6, 6.07) is 18.4. The number of nitrogens with zero attached hydrogens (tertiary/aromatic N) is 6. The second-order valence-electron chi connectivity index (χ2n) is 15.6. The Morgan fingerprint density at radius 3 is 2.41 bits per heavy atom. The van der Waals surface area contributed by atoms with Crippen molar-refractivity contribution in [3.8, 4) is 17.2 Å². The highest BCUT2D eigenvalue weighted by molar-refractivity contribution is 6.05. The average Bonchev–Trinajstić information content (AvgIpc) is 3.45. The van der Waals surface area contributed by atoms with Gasteiger partial charge in [-0.2, -0.15) is 5.26 Å². The maximum absolute atomic E-state index is 13.8. The summed E-state index contributed by atoms with van der Waals surface area (Å²) in [6.45, 7) is 17.9. The molecule has 5 aromatic rings. The van der Waals surface area contributed by atoms with Crippen LogP contribution < -0.4 is 9.80 Å². The fourth-order valence-electron chi connectivity index (χ4n) is 6.82. The number of piperidine rings is 1. The van der Waals surface area contributed by atoms with Crippen molar-refractivity contribution in [2.75, 3.05) is 29.9 Å². The summed E-state index contributed by atoms with van der Waals surface area (Å²) < 4.78 is 18.5. The number of nitriles is 1. The smallest absolute Gasteiger partial charge is 0.340 e. The summed E-state index contributed by atoms with van der Waals surface area (Å²) >= 11 is 0. The van der Waals surface area contributed by atoms with Gasteiger partial charge in [0.1, 0.15) is 23.5 Å². The van der Waals surface area contributed by atoms with Crippen molar-refractivity contribution < 1.29 is 18.7 Å². The molecule has 3 aromatic heterocycles. The number of esters is 1. The number of para-hydroxylation sites is 1. The van der Waals surface area contributed by atoms with Crippen molar-refractivity contribution in [3.63, 3.8) is 0 Å². The molecule has 1 aliphatic rings. The molecule has 4 heterocycles. The van der Waals surface area contributed by atoms with Gasteiger partial charge in [0.2, 0.25) is 0 Å². The summed E-state index contributed by atoms with van der Waals surface area (Å²) in [5.41, 5.74) is 6.62. The van der Waals surface area contributed by atoms with Crippen LogP contribution in [-0.2, 0) is 20.8 Å². The lowest BCUT2D eigenvalue weighted by atomic mass is 9.81. The second-order valence-corrected chi connectivity index (χ2v) is 15.6. The predicted molar refractivity (Wildman–Crippen MR) is 201 cm³/mol. The van der Waals surface area contributed by atoms with Crippen LogP contribution in [0.1, 0.15) is 89.9 Å². The quantitative estimate of drug-likeness (QED) is 0.139. The minimum atomic E-state index is -1.03. The summed E-state index contributed by atoms with van der Waals surface area (Å²) in [5, 5.41) is 11.5. The monoisotopic (exact) mass is 688 g/mol. The van der Waals surface area contributed by atoms with Crippen LogP contribution in [0.2, 0.25) is 0 Å². The van der Waals surface area contributed by atoms with Gasteiger partial charge in [-0.3, -0.25) is 0 Å². The fraction of sp³-hybridized carbons (Fsp3) is 0.439. The van der Waals surface area contributed by atoms with Crippen molar-refractivity contribution >= 4 is 39.5 Å². The van der Waals surface area contributed by atoms with E-state index in [0.717, 1.165) is 59.2 Å². The fourth-order valence-corrected chi connectivity index (χ4v) is 6.82. The topological polar surface area (TPSA) is 118 Å². The molecular weight excluding hydrogens is 640 g/mol. The van der Waals surface area contributed by atoms with Gasteiger partial charge in [-0.1, -0.05) is 50.2 Å². The number of furan rings is 1. The Morgan fingerprint density at radius 1 is 1.08 bits per heavy atom. The number of carbonyl (C=O) groups is 1. The Kier molecular flexibility index (Phi) is 9.80. The molecule has 266 valence electrons. The van der Waals surface area contributed by atoms with Crippen molar-refractivity contribution in [3.05, 3.63) is 77.4 Å². The zero-order valence-electron chi connectivity index (χ0n) is 31.2. The van der Waals surface area contributed by atoms with Crippen molar-refractivity contribution in [1.29, 1.82) is 5.26 Å². The standard InChI is InChI=1S/C41H48N6O4/c1-25(2)49-39(48)36(51-40(4,5)6)32-26(3)45-30(22-42)33(35(32)47-20-18-41(7,8)19-21-47)28-16-14-27(15-17-28)23-46(9)38-37-34(43-24-44-38)29-12-10-11-13-31(29)50-37/h10-17,24-25,36H,18-21,23H2,1-9H3/t36-/m0/s1. The van der Waals surface area contributed by atoms with Crippen LogP contribution in [0.5, 0.6) is 0 Å². The Balaban J connectivity index is 1.43. The third-order valence-corrected chi connectivity index (χ3v) is 9.40. The molecule has 6 rings (SSSR count). The highest BCUT2D eigenvalue weighted by Gasteiger charge is 2.38. The maximum atomic E-state index is 13.8. The zero-order valence-corrected chi connectivity index (χ0v) is 31.2. The number of hydrogen-bond donors (Lipinski definition) is 0. The largest absolute Gasteiger partial charge is 0.461 e. The molecule has 0 N–H and O–H groups in total. The van der Waals surface area contributed by atoms with Gasteiger partial charge in [-0.15, -0.1) is 0 Å². The number of fused-ring (bicyclic) bond motifs is 3. The zero-order chi connectivity index (χ0) is 36.7. The van der Waals surface area contributed by atoms with E-state index in [1.54, 1.807) is 6.33 Å². The van der Waals surface area contributed by atoms with E-state index in [1.807, 2.05) is 89.9 Å². The van der Waals surface area contributed by atoms with Crippen LogP contribution in [-0.4, -0.2) is 52.8 Å². The molecule has 2 aromatic carbocycles. The van der Waals surface area contributed by atoms with Crippen LogP contribution in [0.4, 0.5) is 11.5 Å². The van der Waals surface area contributed by atoms with Crippen LogP contribution >= 0.6 is 0 Å². The molecule has 1 saturated heterocycles. The second kappa shape index (κ2) is 14.0. The van der Waals surface area contributed by atoms with Gasteiger partial charge in [0.15, 0.2) is 23.2 Å². The van der Waals surface area contributed by atoms with Gasteiger partial charge in [-0.05, 0) is 83.1 Å². The molecule has 0 bridgehead atoms. The van der Waals surface area contributed by atoms with Crippen LogP contribution in [0.25, 0.3) is 33.2 Å². The lowest BCUT2D eigenvalue weighted by Crippen LogP contribution is -2.39. The van der Waals surface area contributed by atoms with Crippen molar-refractivity contribution in [1.82, 2.24) is 15.0 Å². The lowest BCUT2D eigenvalue weighted by molar-refractivity contribution is -0.171. The minimum Gasteiger partial charge on any atom is -0.461 e. The summed E-state index contributed by atoms with van der Waals surface area (Å²) in [6.07, 6.45) is 2.13. The van der Waals surface area contributed by atoms with E-state index in [-0.39, 0.29) is 11.5 Å². The molecule has 10 heteroatoms. The Hall–Kier alpha value is -5.01. The third kappa shape index (κ3) is 7.54. The molecule has 51 heavy (non-hydrogen) atoms. The van der Waals surface area contributed by atoms with Gasteiger partial charge in [0, 0.05) is 48.9 Å². The van der Waals surface area contributed by atoms with E-state index in [1.165, 1.54) is 0 Å². The molecule has 1 aliphatic heterocycles. The molecule has 10 nitrogen and oxygen atoms in total. The first-order valence-electron chi connectivity index (χ1n) is 17.7. The summed E-state index contributed by atoms with van der Waals surface area (Å²) in [7, 11) is 1.98. The Bertz CT molecular complexity index is 2100. The third-order valence-electron chi connectivity index (χ3n) is 9.40. The van der Waals surface area contributed by atoms with E-state index >= 15 is 0 Å². The van der Waals surface area contributed by atoms with Crippen LogP contribution in [0.15, 0.2) is 59.3 Å². The van der Waals surface area contributed by atoms with Gasteiger partial charge < -0.3 is 23.7 Å². The average molecular weight is 689 g/mol. The van der Waals surface area contributed by atoms with Gasteiger partial charge in [0.25, 0.3) is 0 Å². The Morgan fingerprint density at radius 2 is 1.76 bits per heavy atom. The number of aromatic nitrogens is 3. The van der Waals surface area contributed by atoms with Crippen molar-refractivity contribution in [2.24, 2.45) is 5.41 Å². The minimum absolute atomic E-state index is 0.181. The number of carbonyl (C=O) groups excluding carboxylic acids is 1. The SMILES string of the molecule is Cc1nc(C#N)c(-c2ccc(CN(C)c3ncnc4c3oc3ccccc34)cc2)c(N2CCC(C)(C)CC2)c1[C@H](OC(C)(C)C)C(=O)OC(C)C. The van der Waals surface area contributed by atoms with E-state index < -0.39 is 17.7 Å². The van der Waals surface area contributed by atoms with Crippen LogP contribution in [0, 0.1) is 23.7 Å². The van der Waals surface area contributed by atoms with E-state index in [9.17, 15) is 10.1 Å². The highest BCUT2D eigenvalue weighted by atomic mass is 16.6. The molecule has 0 radical (unpaired) electrons. The molecule has 0 aliphatic carbocycles. The molecule has 0 saturated carbocycles. The molecule has 0 unspecified atom stereocenters. The molecule has 1 fully saturated rings. The summed E-state index contributed by atoms with van der Waals surface area (Å²) in [5.74, 6) is 0.230. The number of anilines is 2. The number of ether oxygens (including phenoxy) is 2. The number of hydrogen-bond acceptors (Lipinski definition) is 10. The first-order valence-corrected chi connectivity index (χ1v) is 17.7. The van der Waals surface area contributed by atoms with Gasteiger partial charge in [-0.25, -0.2) is 19.7 Å².